The molecule has 65 heavy (non-hydrogen) atoms. The van der Waals surface area contributed by atoms with Crippen LogP contribution in [0.15, 0.2) is 84.3 Å². The predicted octanol–water partition coefficient (Wildman–Crippen LogP) is 5.76. The van der Waals surface area contributed by atoms with Crippen LogP contribution in [0.2, 0.25) is 0 Å². The fraction of sp³-hybridized carbons (Fsp3) is 0.460. The van der Waals surface area contributed by atoms with Gasteiger partial charge in [0.2, 0.25) is 6.41 Å². The van der Waals surface area contributed by atoms with Crippen molar-refractivity contribution in [1.82, 2.24) is 35.6 Å². The maximum absolute atomic E-state index is 13.5. The van der Waals surface area contributed by atoms with E-state index in [0.29, 0.717) is 67.3 Å². The molecule has 348 valence electrons. The van der Waals surface area contributed by atoms with Gasteiger partial charge in [-0.1, -0.05) is 26.5 Å². The smallest absolute Gasteiger partial charge is 0.322 e. The Hall–Kier alpha value is -6.37. The molecule has 0 aliphatic carbocycles. The summed E-state index contributed by atoms with van der Waals surface area (Å²) < 4.78 is 0. The van der Waals surface area contributed by atoms with Gasteiger partial charge in [0.05, 0.1) is 22.8 Å². The van der Waals surface area contributed by atoms with Gasteiger partial charge in [-0.3, -0.25) is 19.7 Å². The number of benzene rings is 2. The lowest BCUT2D eigenvalue weighted by molar-refractivity contribution is -0.122. The van der Waals surface area contributed by atoms with Crippen molar-refractivity contribution in [1.29, 1.82) is 5.26 Å². The fourth-order valence-electron chi connectivity index (χ4n) is 8.37. The number of aliphatic imine (C=N–C) groups is 1. The highest BCUT2D eigenvalue weighted by molar-refractivity contribution is 5.95. The number of allylic oxidation sites excluding steroid dienone is 3. The van der Waals surface area contributed by atoms with Crippen LogP contribution < -0.4 is 25.8 Å². The number of piperazine rings is 2. The van der Waals surface area contributed by atoms with Gasteiger partial charge in [0.15, 0.2) is 0 Å². The molecule has 0 radical (unpaired) electrons. The molecule has 0 spiro atoms. The number of pyridine rings is 1. The molecule has 1 aromatic heterocycles. The summed E-state index contributed by atoms with van der Waals surface area (Å²) in [5.74, 6) is 0.452. The number of nitrogens with zero attached hydrogens (tertiary/aromatic N) is 8. The molecule has 3 atom stereocenters. The van der Waals surface area contributed by atoms with Crippen molar-refractivity contribution in [2.45, 2.75) is 65.5 Å². The first kappa shape index (κ1) is 51.3. The third kappa shape index (κ3) is 14.3. The Morgan fingerprint density at radius 2 is 1.83 bits per heavy atom. The van der Waals surface area contributed by atoms with E-state index in [2.05, 4.69) is 61.3 Å². The maximum atomic E-state index is 13.5. The zero-order valence-corrected chi connectivity index (χ0v) is 39.2. The lowest BCUT2D eigenvalue weighted by Gasteiger charge is -2.41. The molecular formula is C50H69N11O4. The Morgan fingerprint density at radius 1 is 1.06 bits per heavy atom. The van der Waals surface area contributed by atoms with E-state index in [1.807, 2.05) is 94.5 Å². The lowest BCUT2D eigenvalue weighted by Crippen LogP contribution is -2.56. The third-order valence-corrected chi connectivity index (χ3v) is 11.7. The van der Waals surface area contributed by atoms with Gasteiger partial charge in [-0.05, 0) is 113 Å². The molecular weight excluding hydrogens is 819 g/mol. The van der Waals surface area contributed by atoms with Crippen LogP contribution in [0.5, 0.6) is 0 Å². The number of nitriles is 1. The van der Waals surface area contributed by atoms with Gasteiger partial charge >= 0.3 is 6.03 Å². The number of urea groups is 1. The standard InChI is InChI=1S/C46H56N10O4.C2H7N.C2H6/c1-34-27-40(11-12-42(34)36(3)56(33-59)41(32-58)8-6-26-57)53-22-20-52(21-23-53)31-37-14-18-48-16-4-7-39(29-49-19-15-37)51-46(60)54-24-25-55(35(2)30-54)44-13-10-38(28-47)45-43(44)9-5-17-50-45;1-3-2;1-2/h4-5,7,9-13,16-17,26-27,29,32-33,35,37,41,48H,3,6,8,14-15,18-25,30-31H2,1-2H3,(H,51,60);3H,1-2H3;1-2H3/b16-4+,39-7+,49-29?;;. The number of rotatable bonds is 13. The summed E-state index contributed by atoms with van der Waals surface area (Å²) in [6.45, 7) is 20.1. The van der Waals surface area contributed by atoms with Crippen LogP contribution in [0.25, 0.3) is 16.6 Å². The Balaban J connectivity index is 0.00000177. The van der Waals surface area contributed by atoms with E-state index in [1.165, 1.54) is 4.90 Å². The predicted molar refractivity (Wildman–Crippen MR) is 263 cm³/mol. The summed E-state index contributed by atoms with van der Waals surface area (Å²) in [7, 11) is 3.75. The molecule has 3 aliphatic heterocycles. The second-order valence-electron chi connectivity index (χ2n) is 16.2. The zero-order valence-electron chi connectivity index (χ0n) is 39.2. The molecule has 15 nitrogen and oxygen atoms in total. The highest BCUT2D eigenvalue weighted by atomic mass is 16.2. The number of fused-ring (bicyclic) bond motifs is 1. The molecule has 3 aromatic rings. The number of hydrogen-bond acceptors (Lipinski definition) is 12. The van der Waals surface area contributed by atoms with E-state index >= 15 is 0 Å². The van der Waals surface area contributed by atoms with Crippen LogP contribution in [0.4, 0.5) is 16.2 Å². The molecule has 4 heterocycles. The largest absolute Gasteiger partial charge is 0.391 e. The molecule has 0 bridgehead atoms. The first-order chi connectivity index (χ1) is 31.6. The number of anilines is 2. The molecule has 3 amide bonds. The van der Waals surface area contributed by atoms with Gasteiger partial charge in [-0.25, -0.2) is 4.79 Å². The Kier molecular flexibility index (Phi) is 21.3. The minimum absolute atomic E-state index is 0.0538. The van der Waals surface area contributed by atoms with Crippen LogP contribution in [0.1, 0.15) is 63.1 Å². The Bertz CT molecular complexity index is 2180. The van der Waals surface area contributed by atoms with Gasteiger partial charge < -0.3 is 45.1 Å². The summed E-state index contributed by atoms with van der Waals surface area (Å²) in [4.78, 5) is 67.6. The minimum atomic E-state index is -0.736. The van der Waals surface area contributed by atoms with Crippen molar-refractivity contribution < 1.29 is 19.2 Å². The van der Waals surface area contributed by atoms with E-state index in [1.54, 1.807) is 12.4 Å². The SMILES string of the molecule is C=C(c1ccc(N2CCN(CC3CCN=C/C(NC(=O)N4CCN(c5ccc(C#N)c6ncccc56)C(C)C4)=C\C=C\NCC3)CC2)cc1C)N(C=O)C(C=O)CCC=O.CC.CNC. The van der Waals surface area contributed by atoms with E-state index in [0.717, 1.165) is 86.3 Å². The van der Waals surface area contributed by atoms with E-state index in [9.17, 15) is 24.4 Å². The monoisotopic (exact) mass is 888 g/mol. The van der Waals surface area contributed by atoms with E-state index in [-0.39, 0.29) is 24.9 Å². The fourth-order valence-corrected chi connectivity index (χ4v) is 8.37. The van der Waals surface area contributed by atoms with Crippen molar-refractivity contribution in [3.05, 3.63) is 96.0 Å². The molecule has 2 aromatic carbocycles. The quantitative estimate of drug-likeness (QED) is 0.179. The minimum Gasteiger partial charge on any atom is -0.391 e. The number of carbonyl (C=O) groups excluding carboxylic acids is 4. The molecule has 2 fully saturated rings. The highest BCUT2D eigenvalue weighted by Gasteiger charge is 2.29. The number of hydrogen-bond donors (Lipinski definition) is 3. The zero-order chi connectivity index (χ0) is 47.1. The van der Waals surface area contributed by atoms with Crippen LogP contribution in [0, 0.1) is 24.2 Å². The highest BCUT2D eigenvalue weighted by Crippen LogP contribution is 2.31. The first-order valence-electron chi connectivity index (χ1n) is 22.8. The second kappa shape index (κ2) is 27.1. The average Bonchev–Trinajstić information content (AvgIpc) is 3.32. The molecule has 0 saturated carbocycles. The summed E-state index contributed by atoms with van der Waals surface area (Å²) >= 11 is 0. The van der Waals surface area contributed by atoms with Crippen molar-refractivity contribution in [3.8, 4) is 6.07 Å². The first-order valence-corrected chi connectivity index (χ1v) is 22.8. The van der Waals surface area contributed by atoms with Crippen molar-refractivity contribution >= 4 is 59.2 Å². The van der Waals surface area contributed by atoms with Crippen LogP contribution >= 0.6 is 0 Å². The molecule has 3 N–H and O–H groups in total. The third-order valence-electron chi connectivity index (χ3n) is 11.7. The molecule has 2 saturated heterocycles. The molecule has 3 aliphatic rings. The van der Waals surface area contributed by atoms with Crippen molar-refractivity contribution in [3.63, 3.8) is 0 Å². The van der Waals surface area contributed by atoms with Crippen LogP contribution in [0.3, 0.4) is 0 Å². The van der Waals surface area contributed by atoms with Crippen molar-refractivity contribution in [2.75, 3.05) is 89.3 Å². The number of aryl methyl sites for hydroxylation is 1. The van der Waals surface area contributed by atoms with Crippen LogP contribution in [-0.4, -0.2) is 143 Å². The number of amides is 3. The van der Waals surface area contributed by atoms with Crippen molar-refractivity contribution in [2.24, 2.45) is 10.9 Å². The summed E-state index contributed by atoms with van der Waals surface area (Å²) in [5, 5.41) is 19.8. The number of nitrogens with one attached hydrogen (secondary N) is 3. The Labute approximate surface area is 385 Å². The average molecular weight is 888 g/mol. The maximum Gasteiger partial charge on any atom is 0.322 e. The lowest BCUT2D eigenvalue weighted by atomic mass is 9.99. The summed E-state index contributed by atoms with van der Waals surface area (Å²) in [6, 6.07) is 15.2. The topological polar surface area (TPSA) is 170 Å². The van der Waals surface area contributed by atoms with Gasteiger partial charge in [-0.15, -0.1) is 0 Å². The molecule has 15 heteroatoms. The summed E-state index contributed by atoms with van der Waals surface area (Å²) in [6.07, 6.45) is 13.6. The number of carbonyl (C=O) groups is 4. The normalized spacial score (nSPS) is 19.6. The molecule has 6 rings (SSSR count). The summed E-state index contributed by atoms with van der Waals surface area (Å²) in [5.41, 5.74) is 6.19. The van der Waals surface area contributed by atoms with Crippen LogP contribution in [-0.2, 0) is 14.4 Å². The second-order valence-corrected chi connectivity index (χ2v) is 16.2. The Morgan fingerprint density at radius 3 is 2.51 bits per heavy atom. The van der Waals surface area contributed by atoms with Gasteiger partial charge in [0.25, 0.3) is 0 Å². The van der Waals surface area contributed by atoms with Gasteiger partial charge in [-0.2, -0.15) is 5.26 Å². The molecule has 3 unspecified atom stereocenters. The van der Waals surface area contributed by atoms with Gasteiger partial charge in [0, 0.05) is 118 Å². The van der Waals surface area contributed by atoms with E-state index < -0.39 is 6.04 Å². The van der Waals surface area contributed by atoms with Gasteiger partial charge in [0.1, 0.15) is 18.6 Å². The van der Waals surface area contributed by atoms with E-state index in [4.69, 9.17) is 4.99 Å². The number of aromatic nitrogens is 1. The number of aldehydes is 2.